The van der Waals surface area contributed by atoms with Crippen molar-refractivity contribution in [2.75, 3.05) is 62.8 Å². The summed E-state index contributed by atoms with van der Waals surface area (Å²) in [6, 6.07) is 11.5. The summed E-state index contributed by atoms with van der Waals surface area (Å²) in [6.45, 7) is 13.7. The molecule has 1 aromatic carbocycles. The Morgan fingerprint density at radius 1 is 1.04 bits per heavy atom. The molecule has 2 aliphatic rings. The highest BCUT2D eigenvalue weighted by Crippen LogP contribution is 2.35. The molecule has 0 spiro atoms. The van der Waals surface area contributed by atoms with Crippen LogP contribution in [0.5, 0.6) is 5.75 Å². The van der Waals surface area contributed by atoms with Gasteiger partial charge in [-0.3, -0.25) is 4.79 Å². The first-order valence-electron chi connectivity index (χ1n) is 16.3. The molecule has 2 unspecified atom stereocenters. The van der Waals surface area contributed by atoms with Crippen LogP contribution in [0.15, 0.2) is 42.6 Å². The van der Waals surface area contributed by atoms with E-state index in [1.54, 1.807) is 27.9 Å². The van der Waals surface area contributed by atoms with Gasteiger partial charge in [0, 0.05) is 80.7 Å². The number of carbonyl (C=O) groups is 2. The zero-order valence-electron chi connectivity index (χ0n) is 28.0. The fraction of sp³-hybridized carbons (Fsp3) is 0.543. The van der Waals surface area contributed by atoms with E-state index in [1.807, 2.05) is 49.2 Å². The molecule has 4 heterocycles. The van der Waals surface area contributed by atoms with E-state index >= 15 is 0 Å². The number of nitrogens with one attached hydrogen (secondary N) is 1. The van der Waals surface area contributed by atoms with Crippen molar-refractivity contribution in [3.8, 4) is 17.0 Å². The zero-order chi connectivity index (χ0) is 33.0. The van der Waals surface area contributed by atoms with Crippen molar-refractivity contribution in [3.63, 3.8) is 0 Å². The number of rotatable bonds is 9. The lowest BCUT2D eigenvalue weighted by atomic mass is 10.0. The Bertz CT molecular complexity index is 1510. The van der Waals surface area contributed by atoms with E-state index in [9.17, 15) is 14.7 Å². The number of hydrogen-bond donors (Lipinski definition) is 2. The molecule has 0 saturated carbocycles. The Labute approximate surface area is 271 Å². The first-order valence-corrected chi connectivity index (χ1v) is 16.3. The average Bonchev–Trinajstić information content (AvgIpc) is 3.52. The van der Waals surface area contributed by atoms with Crippen LogP contribution in [0.1, 0.15) is 47.5 Å². The molecule has 2 atom stereocenters. The molecule has 2 fully saturated rings. The normalized spacial score (nSPS) is 17.8. The van der Waals surface area contributed by atoms with Crippen LogP contribution in [0.2, 0.25) is 0 Å². The molecule has 248 valence electrons. The Hall–Kier alpha value is -4.12. The second kappa shape index (κ2) is 14.1. The van der Waals surface area contributed by atoms with Gasteiger partial charge in [0.25, 0.3) is 0 Å². The van der Waals surface area contributed by atoms with Gasteiger partial charge < -0.3 is 34.6 Å². The average molecular weight is 633 g/mol. The van der Waals surface area contributed by atoms with Crippen molar-refractivity contribution in [2.24, 2.45) is 11.8 Å². The quantitative estimate of drug-likeness (QED) is 0.346. The second-order valence-electron chi connectivity index (χ2n) is 13.7. The number of hydrogen-bond acceptors (Lipinski definition) is 9. The number of benzene rings is 1. The Kier molecular flexibility index (Phi) is 10.2. The van der Waals surface area contributed by atoms with E-state index in [1.165, 1.54) is 0 Å². The molecule has 11 nitrogen and oxygen atoms in total. The number of piperazine rings is 1. The summed E-state index contributed by atoms with van der Waals surface area (Å²) in [5.74, 6) is 2.01. The predicted molar refractivity (Wildman–Crippen MR) is 180 cm³/mol. The number of alkyl carbamates (subject to hydrolysis) is 1. The molecule has 2 N–H and O–H groups in total. The summed E-state index contributed by atoms with van der Waals surface area (Å²) < 4.78 is 10.9. The fourth-order valence-electron chi connectivity index (χ4n) is 6.17. The molecule has 3 aromatic rings. The van der Waals surface area contributed by atoms with Gasteiger partial charge in [-0.1, -0.05) is 13.8 Å². The third-order valence-electron chi connectivity index (χ3n) is 8.54. The third-order valence-corrected chi connectivity index (χ3v) is 8.54. The Balaban J connectivity index is 1.28. The van der Waals surface area contributed by atoms with Gasteiger partial charge in [0.05, 0.1) is 18.3 Å². The van der Waals surface area contributed by atoms with Crippen LogP contribution in [0.4, 0.5) is 16.3 Å². The molecular weight excluding hydrogens is 584 g/mol. The minimum Gasteiger partial charge on any atom is -0.497 e. The molecule has 2 amide bonds. The van der Waals surface area contributed by atoms with Gasteiger partial charge in [-0.15, -0.1) is 0 Å². The Morgan fingerprint density at radius 3 is 2.41 bits per heavy atom. The fourth-order valence-corrected chi connectivity index (χ4v) is 6.17. The topological polar surface area (TPSA) is 120 Å². The zero-order valence-corrected chi connectivity index (χ0v) is 28.0. The molecule has 11 heteroatoms. The lowest BCUT2D eigenvalue weighted by molar-refractivity contribution is -0.134. The number of aromatic nitrogens is 2. The number of aliphatic hydroxyl groups excluding tert-OH is 1. The molecule has 5 rings (SSSR count). The number of ether oxygens (including phenoxy) is 2. The smallest absolute Gasteiger partial charge is 0.408 e. The maximum atomic E-state index is 13.5. The van der Waals surface area contributed by atoms with E-state index in [0.717, 1.165) is 58.9 Å². The van der Waals surface area contributed by atoms with Crippen molar-refractivity contribution in [3.05, 3.63) is 42.6 Å². The summed E-state index contributed by atoms with van der Waals surface area (Å²) >= 11 is 0. The maximum absolute atomic E-state index is 13.5. The van der Waals surface area contributed by atoms with Gasteiger partial charge in [0.2, 0.25) is 5.91 Å². The highest BCUT2D eigenvalue weighted by atomic mass is 16.6. The summed E-state index contributed by atoms with van der Waals surface area (Å²) in [7, 11) is 1.65. The van der Waals surface area contributed by atoms with E-state index < -0.39 is 17.7 Å². The van der Waals surface area contributed by atoms with Gasteiger partial charge in [0.1, 0.15) is 23.2 Å². The number of amides is 2. The van der Waals surface area contributed by atoms with Crippen LogP contribution in [0, 0.1) is 11.8 Å². The molecule has 2 aromatic heterocycles. The number of methoxy groups -OCH3 is 1. The molecule has 0 aliphatic carbocycles. The number of anilines is 2. The lowest BCUT2D eigenvalue weighted by Crippen LogP contribution is -2.55. The molecule has 2 saturated heterocycles. The maximum Gasteiger partial charge on any atom is 0.408 e. The Morgan fingerprint density at radius 2 is 1.80 bits per heavy atom. The number of nitrogens with zero attached hydrogens (tertiary/aromatic N) is 5. The van der Waals surface area contributed by atoms with Crippen molar-refractivity contribution in [1.29, 1.82) is 0 Å². The van der Waals surface area contributed by atoms with Gasteiger partial charge >= 0.3 is 6.09 Å². The van der Waals surface area contributed by atoms with Crippen molar-refractivity contribution in [2.45, 2.75) is 59.1 Å². The second-order valence-corrected chi connectivity index (χ2v) is 13.7. The molecule has 2 aliphatic heterocycles. The van der Waals surface area contributed by atoms with E-state index in [2.05, 4.69) is 27.2 Å². The van der Waals surface area contributed by atoms with Crippen molar-refractivity contribution < 1.29 is 24.2 Å². The summed E-state index contributed by atoms with van der Waals surface area (Å²) in [5, 5.41) is 13.6. The van der Waals surface area contributed by atoms with Gasteiger partial charge in [-0.2, -0.15) is 0 Å². The molecule has 46 heavy (non-hydrogen) atoms. The van der Waals surface area contributed by atoms with Crippen LogP contribution in [-0.4, -0.2) is 96.6 Å². The minimum absolute atomic E-state index is 0.0827. The van der Waals surface area contributed by atoms with Crippen LogP contribution < -0.4 is 19.9 Å². The summed E-state index contributed by atoms with van der Waals surface area (Å²) in [4.78, 5) is 42.0. The van der Waals surface area contributed by atoms with E-state index in [0.29, 0.717) is 32.6 Å². The standard InChI is InChI=1S/C35H48N6O5/c1-23(2)17-30(38-34(44)46-35(3,4)5)33(43)40-15-13-39(14-16-40)32-10-7-25(20-36-32)28-19-31(41-12-11-24(21-41)22-42)27-9-8-26(45-6)18-29(27)37-28/h7-10,18-20,23-24,30,42H,11-17,21-22H2,1-6H3,(H,38,44). The van der Waals surface area contributed by atoms with Gasteiger partial charge in [-0.05, 0) is 69.9 Å². The monoisotopic (exact) mass is 632 g/mol. The summed E-state index contributed by atoms with van der Waals surface area (Å²) in [6.07, 6.45) is 2.78. The predicted octanol–water partition coefficient (Wildman–Crippen LogP) is 4.71. The lowest BCUT2D eigenvalue weighted by Gasteiger charge is -2.37. The first-order chi connectivity index (χ1) is 21.9. The van der Waals surface area contributed by atoms with Crippen LogP contribution >= 0.6 is 0 Å². The van der Waals surface area contributed by atoms with E-state index in [-0.39, 0.29) is 24.3 Å². The molecule has 0 radical (unpaired) electrons. The number of fused-ring (bicyclic) bond motifs is 1. The largest absolute Gasteiger partial charge is 0.497 e. The molecular formula is C35H48N6O5. The highest BCUT2D eigenvalue weighted by molar-refractivity contribution is 5.95. The van der Waals surface area contributed by atoms with E-state index in [4.69, 9.17) is 19.4 Å². The van der Waals surface area contributed by atoms with Crippen molar-refractivity contribution in [1.82, 2.24) is 20.2 Å². The third kappa shape index (κ3) is 7.99. The van der Waals surface area contributed by atoms with Crippen molar-refractivity contribution >= 4 is 34.4 Å². The van der Waals surface area contributed by atoms with Gasteiger partial charge in [-0.25, -0.2) is 14.8 Å². The molecule has 0 bridgehead atoms. The SMILES string of the molecule is COc1ccc2c(N3CCC(CO)C3)cc(-c3ccc(N4CCN(C(=O)C(CC(C)C)NC(=O)OC(C)(C)C)CC4)nc3)nc2c1. The van der Waals surface area contributed by atoms with Crippen LogP contribution in [0.25, 0.3) is 22.2 Å². The first kappa shape index (κ1) is 33.2. The van der Waals surface area contributed by atoms with Gasteiger partial charge in [0.15, 0.2) is 0 Å². The van der Waals surface area contributed by atoms with Crippen LogP contribution in [-0.2, 0) is 9.53 Å². The number of pyridine rings is 2. The van der Waals surface area contributed by atoms with Crippen LogP contribution in [0.3, 0.4) is 0 Å². The summed E-state index contributed by atoms with van der Waals surface area (Å²) in [5.41, 5.74) is 3.04. The highest BCUT2D eigenvalue weighted by Gasteiger charge is 2.31. The number of carbonyl (C=O) groups excluding carboxylic acids is 2. The minimum atomic E-state index is -0.637. The number of aliphatic hydroxyl groups is 1.